The number of para-hydroxylation sites is 3. The molecule has 9 heterocycles. The van der Waals surface area contributed by atoms with Crippen LogP contribution in [0.15, 0.2) is 134 Å². The van der Waals surface area contributed by atoms with Gasteiger partial charge in [0.15, 0.2) is 17.4 Å². The summed E-state index contributed by atoms with van der Waals surface area (Å²) in [5.41, 5.74) is 9.25. The highest BCUT2D eigenvalue weighted by atomic mass is 16.7. The number of allylic oxidation sites excluding steroid dienone is 1. The maximum Gasteiger partial charge on any atom is 0.224 e. The summed E-state index contributed by atoms with van der Waals surface area (Å²) in [6, 6.07) is 37.5. The Kier molecular flexibility index (Phi) is 18.0. The van der Waals surface area contributed by atoms with Crippen LogP contribution < -0.4 is 14.2 Å². The molecule has 2 N–H and O–H groups in total. The lowest BCUT2D eigenvalue weighted by Crippen LogP contribution is -2.42. The molecule has 9 aromatic rings. The van der Waals surface area contributed by atoms with Gasteiger partial charge >= 0.3 is 0 Å². The Morgan fingerprint density at radius 3 is 1.41 bits per heavy atom. The predicted octanol–water partition coefficient (Wildman–Crippen LogP) is 12.7. The SMILES string of the molecule is Cc1ncc(C2(O)CCC3(CC2)OCCO3)c(OC[C@H]2C[C@@H]2c2ccc3ccccc3n2)n1.Cc1ncc(C2=CCC3(CC2)OCCO3)c(OC[C@H]2C[C@@H]2c2ccc3ccccc3n2)n1.Cc1ncc([C@@H]2CCC3(C[C@H]2O)OCCO3)c(OC[C@H]2C[C@@H]2c2ccc3ccccc3n2)n1. The molecular weight excluding hydrogens is 1240 g/mol. The molecule has 9 aliphatic rings. The molecule has 20 nitrogen and oxygen atoms in total. The topological polar surface area (TPSA) is 240 Å². The zero-order valence-electron chi connectivity index (χ0n) is 56.0. The number of ether oxygens (including phenoxy) is 9. The van der Waals surface area contributed by atoms with E-state index in [-0.39, 0.29) is 5.92 Å². The van der Waals surface area contributed by atoms with E-state index in [1.165, 1.54) is 11.0 Å². The Morgan fingerprint density at radius 2 is 0.898 bits per heavy atom. The molecule has 8 atom stereocenters. The highest BCUT2D eigenvalue weighted by Crippen LogP contribution is 2.52. The van der Waals surface area contributed by atoms with Crippen LogP contribution >= 0.6 is 0 Å². The zero-order chi connectivity index (χ0) is 66.4. The fraction of sp³-hybridized carbons (Fsp3) is 0.474. The Labute approximate surface area is 570 Å². The summed E-state index contributed by atoms with van der Waals surface area (Å²) in [6.45, 7) is 11.2. The third-order valence-electron chi connectivity index (χ3n) is 21.5. The van der Waals surface area contributed by atoms with E-state index in [9.17, 15) is 10.2 Å². The third kappa shape index (κ3) is 14.0. The number of benzene rings is 3. The highest BCUT2D eigenvalue weighted by Gasteiger charge is 2.50. The maximum absolute atomic E-state index is 11.5. The van der Waals surface area contributed by atoms with E-state index in [1.54, 1.807) is 6.20 Å². The average Bonchev–Trinajstić information content (AvgIpc) is 0.906. The first kappa shape index (κ1) is 64.6. The number of fused-ring (bicyclic) bond motifs is 3. The molecule has 6 aromatic heterocycles. The summed E-state index contributed by atoms with van der Waals surface area (Å²) < 4.78 is 53.7. The van der Waals surface area contributed by atoms with E-state index < -0.39 is 29.1 Å². The van der Waals surface area contributed by atoms with E-state index in [1.807, 2.05) is 69.6 Å². The summed E-state index contributed by atoms with van der Waals surface area (Å²) in [6.07, 6.45) is 17.1. The van der Waals surface area contributed by atoms with Gasteiger partial charge in [-0.05, 0) is 108 Å². The van der Waals surface area contributed by atoms with Crippen molar-refractivity contribution in [1.29, 1.82) is 0 Å². The van der Waals surface area contributed by atoms with Gasteiger partial charge in [-0.3, -0.25) is 15.0 Å². The zero-order valence-corrected chi connectivity index (χ0v) is 56.0. The number of nitrogens with zero attached hydrogens (tertiary/aromatic N) is 9. The molecule has 98 heavy (non-hydrogen) atoms. The van der Waals surface area contributed by atoms with Crippen LogP contribution in [0.5, 0.6) is 17.6 Å². The van der Waals surface area contributed by atoms with E-state index in [0.29, 0.717) is 162 Å². The number of aromatic nitrogens is 9. The van der Waals surface area contributed by atoms with Crippen molar-refractivity contribution in [2.45, 2.75) is 157 Å². The van der Waals surface area contributed by atoms with Crippen molar-refractivity contribution in [2.24, 2.45) is 17.8 Å². The number of aryl methyl sites for hydroxylation is 3. The molecule has 0 unspecified atom stereocenters. The van der Waals surface area contributed by atoms with Crippen molar-refractivity contribution in [2.75, 3.05) is 59.5 Å². The molecule has 0 radical (unpaired) electrons. The average molecular weight is 1320 g/mol. The van der Waals surface area contributed by atoms with E-state index >= 15 is 0 Å². The molecule has 3 aliphatic heterocycles. The first-order valence-electron chi connectivity index (χ1n) is 35.2. The predicted molar refractivity (Wildman–Crippen MR) is 365 cm³/mol. The minimum absolute atomic E-state index is 0.0869. The number of pyridine rings is 3. The van der Waals surface area contributed by atoms with Crippen molar-refractivity contribution in [3.8, 4) is 17.6 Å². The van der Waals surface area contributed by atoms with E-state index in [0.717, 1.165) is 113 Å². The van der Waals surface area contributed by atoms with Crippen molar-refractivity contribution in [1.82, 2.24) is 44.9 Å². The number of hydrogen-bond donors (Lipinski definition) is 2. The van der Waals surface area contributed by atoms with Crippen LogP contribution in [0.3, 0.4) is 0 Å². The second-order valence-electron chi connectivity index (χ2n) is 28.2. The van der Waals surface area contributed by atoms with Crippen molar-refractivity contribution >= 4 is 38.3 Å². The second-order valence-corrected chi connectivity index (χ2v) is 28.2. The van der Waals surface area contributed by atoms with Crippen LogP contribution in [0.4, 0.5) is 0 Å². The van der Waals surface area contributed by atoms with Gasteiger partial charge in [0.25, 0.3) is 0 Å². The van der Waals surface area contributed by atoms with Crippen molar-refractivity contribution < 1.29 is 52.8 Å². The normalized spacial score (nSPS) is 25.9. The third-order valence-corrected chi connectivity index (χ3v) is 21.5. The van der Waals surface area contributed by atoms with Gasteiger partial charge in [0.1, 0.15) is 17.5 Å². The highest BCUT2D eigenvalue weighted by molar-refractivity contribution is 5.80. The summed E-state index contributed by atoms with van der Waals surface area (Å²) in [5, 5.41) is 25.9. The lowest BCUT2D eigenvalue weighted by Gasteiger charge is -2.40. The standard InChI is InChI=1S/2C26H29N3O4.C26H27N3O3/c1-17-27-15-21(25(30)8-10-26(11-9-25)32-12-13-33-26)24(28-17)31-16-19-14-20(19)23-7-6-18-4-2-3-5-22(18)29-23;1-16-27-14-21(19-8-9-26(13-24(19)30)32-10-11-33-26)25(28-16)31-15-18-12-20(18)23-7-6-17-4-2-3-5-22(17)29-23;1-17-27-15-22(18-8-10-26(11-9-18)31-12-13-32-26)25(28-17)30-16-20-14-21(20)24-7-6-19-4-2-3-5-23(19)29-24/h2-7,15,19-20,30H,8-14,16H2,1H3;2-7,14,18-20,24,30H,8-13,15H2,1H3;2-8,15,20-21H,9-14,16H2,1H3/t19-,20+;18-,19+,20+,24-;20-,21+/m111/s1. The smallest absolute Gasteiger partial charge is 0.224 e. The summed E-state index contributed by atoms with van der Waals surface area (Å²) >= 11 is 0. The Morgan fingerprint density at radius 1 is 0.449 bits per heavy atom. The Bertz CT molecular complexity index is 4390. The van der Waals surface area contributed by atoms with Gasteiger partial charge in [0.05, 0.1) is 98.8 Å². The minimum atomic E-state index is -1.04. The molecule has 6 aliphatic carbocycles. The fourth-order valence-corrected chi connectivity index (χ4v) is 15.5. The van der Waals surface area contributed by atoms with Crippen LogP contribution in [0.25, 0.3) is 38.3 Å². The molecule has 3 spiro atoms. The number of aliphatic hydroxyl groups excluding tert-OH is 1. The molecule has 8 fully saturated rings. The maximum atomic E-state index is 11.5. The Hall–Kier alpha value is -8.05. The first-order valence-corrected chi connectivity index (χ1v) is 35.2. The van der Waals surface area contributed by atoms with Crippen LogP contribution in [-0.4, -0.2) is 138 Å². The van der Waals surface area contributed by atoms with Crippen LogP contribution in [-0.2, 0) is 34.0 Å². The van der Waals surface area contributed by atoms with Crippen molar-refractivity contribution in [3.05, 3.63) is 185 Å². The quantitative estimate of drug-likeness (QED) is 0.0969. The molecule has 20 heteroatoms. The lowest BCUT2D eigenvalue weighted by molar-refractivity contribution is -0.204. The Balaban J connectivity index is 0.000000115. The molecule has 18 rings (SSSR count). The van der Waals surface area contributed by atoms with Crippen LogP contribution in [0.1, 0.15) is 158 Å². The summed E-state index contributed by atoms with van der Waals surface area (Å²) in [7, 11) is 0. The van der Waals surface area contributed by atoms with Gasteiger partial charge in [-0.25, -0.2) is 15.0 Å². The van der Waals surface area contributed by atoms with Gasteiger partial charge in [0, 0.05) is 137 Å². The van der Waals surface area contributed by atoms with Crippen molar-refractivity contribution in [3.63, 3.8) is 0 Å². The molecule has 0 amide bonds. The van der Waals surface area contributed by atoms with E-state index in [2.05, 4.69) is 109 Å². The molecule has 3 saturated heterocycles. The molecular formula is C78H85N9O11. The van der Waals surface area contributed by atoms with Crippen LogP contribution in [0.2, 0.25) is 0 Å². The van der Waals surface area contributed by atoms with Gasteiger partial charge < -0.3 is 52.8 Å². The molecule has 508 valence electrons. The molecule has 3 aromatic carbocycles. The van der Waals surface area contributed by atoms with E-state index in [4.69, 9.17) is 57.6 Å². The lowest BCUT2D eigenvalue weighted by atomic mass is 9.77. The number of aliphatic hydroxyl groups is 2. The molecule has 5 saturated carbocycles. The minimum Gasteiger partial charge on any atom is -0.477 e. The number of rotatable bonds is 15. The molecule has 0 bridgehead atoms. The van der Waals surface area contributed by atoms with Gasteiger partial charge in [0.2, 0.25) is 17.6 Å². The largest absolute Gasteiger partial charge is 0.477 e. The van der Waals surface area contributed by atoms with Gasteiger partial charge in [-0.1, -0.05) is 78.9 Å². The van der Waals surface area contributed by atoms with Crippen LogP contribution in [0, 0.1) is 38.5 Å². The van der Waals surface area contributed by atoms with Gasteiger partial charge in [-0.15, -0.1) is 0 Å². The summed E-state index contributed by atoms with van der Waals surface area (Å²) in [5.74, 6) is 4.67. The van der Waals surface area contributed by atoms with Gasteiger partial charge in [-0.2, -0.15) is 15.0 Å². The fourth-order valence-electron chi connectivity index (χ4n) is 15.5. The summed E-state index contributed by atoms with van der Waals surface area (Å²) in [4.78, 5) is 41.5. The second kappa shape index (κ2) is 27.2. The number of hydrogen-bond acceptors (Lipinski definition) is 20. The monoisotopic (exact) mass is 1320 g/mol. The first-order chi connectivity index (χ1) is 47.8.